The maximum absolute atomic E-state index is 11.2. The van der Waals surface area contributed by atoms with E-state index < -0.39 is 14.3 Å². The molecule has 0 heterocycles. The highest BCUT2D eigenvalue weighted by Crippen LogP contribution is 2.43. The fourth-order valence-corrected chi connectivity index (χ4v) is 9.86. The van der Waals surface area contributed by atoms with Gasteiger partial charge in [-0.25, -0.2) is 4.79 Å². The minimum absolute atomic E-state index is 0.139. The van der Waals surface area contributed by atoms with Gasteiger partial charge in [0.1, 0.15) is 0 Å². The molecule has 23 heavy (non-hydrogen) atoms. The Labute approximate surface area is 159 Å². The van der Waals surface area contributed by atoms with E-state index in [2.05, 4.69) is 64.1 Å². The maximum atomic E-state index is 11.2. The summed E-state index contributed by atoms with van der Waals surface area (Å²) in [5, 5.41) is 9.41. The van der Waals surface area contributed by atoms with E-state index in [-0.39, 0.29) is 10.6 Å². The van der Waals surface area contributed by atoms with Crippen LogP contribution in [0.1, 0.15) is 57.5 Å². The third-order valence-corrected chi connectivity index (χ3v) is 11.9. The molecule has 0 radical (unpaired) electrons. The summed E-state index contributed by atoms with van der Waals surface area (Å²) < 4.78 is 7.44. The molecule has 1 N–H and O–H groups in total. The largest absolute Gasteiger partial charge is 0.478 e. The second kappa shape index (κ2) is 8.32. The zero-order chi connectivity index (χ0) is 17.9. The average Bonchev–Trinajstić information content (AvgIpc) is 2.41. The molecule has 1 rings (SSSR count). The van der Waals surface area contributed by atoms with E-state index in [1.54, 1.807) is 12.1 Å². The van der Waals surface area contributed by atoms with Crippen LogP contribution in [0, 0.1) is 3.57 Å². The molecule has 1 aromatic rings. The van der Waals surface area contributed by atoms with Crippen molar-refractivity contribution in [1.82, 2.24) is 0 Å². The normalized spacial score (nSPS) is 12.5. The number of carbonyl (C=O) groups is 1. The first-order valence-electron chi connectivity index (χ1n) is 7.89. The van der Waals surface area contributed by atoms with Crippen molar-refractivity contribution in [2.24, 2.45) is 0 Å². The fourth-order valence-electron chi connectivity index (χ4n) is 3.57. The molecule has 0 saturated heterocycles. The molecule has 0 aliphatic rings. The molecule has 0 aromatic heterocycles. The first-order valence-corrected chi connectivity index (χ1v) is 11.5. The van der Waals surface area contributed by atoms with E-state index in [4.69, 9.17) is 21.1 Å². The third-order valence-electron chi connectivity index (χ3n) is 4.55. The second-order valence-electron chi connectivity index (χ2n) is 6.83. The van der Waals surface area contributed by atoms with Gasteiger partial charge in [-0.2, -0.15) is 0 Å². The number of aromatic carboxylic acids is 1. The van der Waals surface area contributed by atoms with E-state index in [9.17, 15) is 4.79 Å². The lowest BCUT2D eigenvalue weighted by atomic mass is 10.1. The molecule has 0 unspecified atom stereocenters. The molecule has 0 bridgehead atoms. The van der Waals surface area contributed by atoms with Crippen molar-refractivity contribution < 1.29 is 14.3 Å². The van der Waals surface area contributed by atoms with Crippen molar-refractivity contribution in [2.45, 2.75) is 64.8 Å². The van der Waals surface area contributed by atoms with Gasteiger partial charge in [0.2, 0.25) is 8.32 Å². The molecule has 130 valence electrons. The minimum atomic E-state index is -1.95. The predicted octanol–water partition coefficient (Wildman–Crippen LogP) is 6.33. The molecule has 3 nitrogen and oxygen atoms in total. The Morgan fingerprint density at radius 2 is 1.65 bits per heavy atom. The molecular weight excluding hydrogens is 443 g/mol. The van der Waals surface area contributed by atoms with Crippen molar-refractivity contribution in [3.05, 3.63) is 31.9 Å². The van der Waals surface area contributed by atoms with Crippen LogP contribution in [0.3, 0.4) is 0 Å². The molecule has 0 aliphatic carbocycles. The van der Waals surface area contributed by atoms with E-state index in [1.165, 1.54) is 0 Å². The van der Waals surface area contributed by atoms with Crippen molar-refractivity contribution in [3.8, 4) is 0 Å². The molecule has 0 fully saturated rings. The molecule has 6 heteroatoms. The first-order chi connectivity index (χ1) is 10.5. The standard InChI is InChI=1S/C17H26ClIO3Si/c1-10(2)23(11(3)4,12(5)6)22-9-13-7-15(18)14(17(20)21)8-16(13)19/h7-8,10-12H,9H2,1-6H3,(H,20,21). The maximum Gasteiger partial charge on any atom is 0.337 e. The molecule has 0 saturated carbocycles. The molecule has 1 aromatic carbocycles. The monoisotopic (exact) mass is 468 g/mol. The Morgan fingerprint density at radius 3 is 2.04 bits per heavy atom. The van der Waals surface area contributed by atoms with Crippen molar-refractivity contribution in [3.63, 3.8) is 0 Å². The van der Waals surface area contributed by atoms with Crippen LogP contribution >= 0.6 is 34.2 Å². The number of hydrogen-bond acceptors (Lipinski definition) is 2. The van der Waals surface area contributed by atoms with Gasteiger partial charge in [-0.15, -0.1) is 0 Å². The van der Waals surface area contributed by atoms with Crippen LogP contribution in [-0.2, 0) is 11.0 Å². The first kappa shape index (κ1) is 20.9. The fraction of sp³-hybridized carbons (Fsp3) is 0.588. The van der Waals surface area contributed by atoms with Crippen LogP contribution in [0.25, 0.3) is 0 Å². The summed E-state index contributed by atoms with van der Waals surface area (Å²) in [5.41, 5.74) is 2.62. The number of carboxylic acids is 1. The second-order valence-corrected chi connectivity index (χ2v) is 13.9. The van der Waals surface area contributed by atoms with Crippen LogP contribution in [0.4, 0.5) is 0 Å². The van der Waals surface area contributed by atoms with Crippen molar-refractivity contribution in [2.75, 3.05) is 0 Å². The van der Waals surface area contributed by atoms with Crippen LogP contribution in [0.5, 0.6) is 0 Å². The van der Waals surface area contributed by atoms with Gasteiger partial charge in [0.05, 0.1) is 17.2 Å². The lowest BCUT2D eigenvalue weighted by molar-refractivity contribution is 0.0697. The smallest absolute Gasteiger partial charge is 0.337 e. The summed E-state index contributed by atoms with van der Waals surface area (Å²) in [5.74, 6) is -1.00. The van der Waals surface area contributed by atoms with E-state index >= 15 is 0 Å². The average molecular weight is 469 g/mol. The van der Waals surface area contributed by atoms with Crippen LogP contribution < -0.4 is 0 Å². The minimum Gasteiger partial charge on any atom is -0.478 e. The summed E-state index contributed by atoms with van der Waals surface area (Å²) in [7, 11) is -1.95. The summed E-state index contributed by atoms with van der Waals surface area (Å²) in [6.07, 6.45) is 0. The summed E-state index contributed by atoms with van der Waals surface area (Å²) in [6, 6.07) is 3.35. The van der Waals surface area contributed by atoms with Crippen LogP contribution in [-0.4, -0.2) is 19.4 Å². The van der Waals surface area contributed by atoms with Crippen molar-refractivity contribution >= 4 is 48.5 Å². The zero-order valence-corrected chi connectivity index (χ0v) is 18.5. The SMILES string of the molecule is CC(C)[Si](OCc1cc(Cl)c(C(=O)O)cc1I)(C(C)C)C(C)C. The van der Waals surface area contributed by atoms with E-state index in [0.29, 0.717) is 23.2 Å². The van der Waals surface area contributed by atoms with E-state index in [1.807, 2.05) is 0 Å². The third kappa shape index (κ3) is 4.49. The lowest BCUT2D eigenvalue weighted by Gasteiger charge is -2.42. The lowest BCUT2D eigenvalue weighted by Crippen LogP contribution is -2.47. The van der Waals surface area contributed by atoms with Gasteiger partial charge in [0, 0.05) is 3.57 Å². The number of hydrogen-bond donors (Lipinski definition) is 1. The quantitative estimate of drug-likeness (QED) is 0.375. The molecule has 0 atom stereocenters. The Bertz CT molecular complexity index is 551. The molecule has 0 aliphatic heterocycles. The zero-order valence-electron chi connectivity index (χ0n) is 14.6. The van der Waals surface area contributed by atoms with Gasteiger partial charge in [-0.05, 0) is 56.9 Å². The summed E-state index contributed by atoms with van der Waals surface area (Å²) in [4.78, 5) is 11.2. The Morgan fingerprint density at radius 1 is 1.17 bits per heavy atom. The molecule has 0 amide bonds. The van der Waals surface area contributed by atoms with Crippen LogP contribution in [0.15, 0.2) is 12.1 Å². The molecular formula is C17H26ClIO3Si. The van der Waals surface area contributed by atoms with Gasteiger partial charge in [-0.1, -0.05) is 53.1 Å². The Kier molecular flexibility index (Phi) is 7.57. The number of halogens is 2. The van der Waals surface area contributed by atoms with Gasteiger partial charge in [-0.3, -0.25) is 0 Å². The predicted molar refractivity (Wildman–Crippen MR) is 107 cm³/mol. The van der Waals surface area contributed by atoms with Gasteiger partial charge < -0.3 is 9.53 Å². The molecule has 0 spiro atoms. The summed E-state index contributed by atoms with van der Waals surface area (Å²) >= 11 is 8.26. The number of carboxylic acid groups (broad SMARTS) is 1. The van der Waals surface area contributed by atoms with E-state index in [0.717, 1.165) is 9.13 Å². The topological polar surface area (TPSA) is 46.5 Å². The Balaban J connectivity index is 3.12. The van der Waals surface area contributed by atoms with Crippen LogP contribution in [0.2, 0.25) is 21.6 Å². The van der Waals surface area contributed by atoms with Crippen molar-refractivity contribution in [1.29, 1.82) is 0 Å². The van der Waals surface area contributed by atoms with Gasteiger partial charge in [0.15, 0.2) is 0 Å². The summed E-state index contributed by atoms with van der Waals surface area (Å²) in [6.45, 7) is 14.0. The highest BCUT2D eigenvalue weighted by Gasteiger charge is 2.45. The van der Waals surface area contributed by atoms with Gasteiger partial charge in [0.25, 0.3) is 0 Å². The Hall–Kier alpha value is -0.113. The highest BCUT2D eigenvalue weighted by molar-refractivity contribution is 14.1. The van der Waals surface area contributed by atoms with Gasteiger partial charge >= 0.3 is 5.97 Å². The highest BCUT2D eigenvalue weighted by atomic mass is 127. The number of rotatable bonds is 7. The number of benzene rings is 1.